The Morgan fingerprint density at radius 3 is 2.45 bits per heavy atom. The first-order valence-corrected chi connectivity index (χ1v) is 6.46. The summed E-state index contributed by atoms with van der Waals surface area (Å²) in [5.41, 5.74) is 0.824. The van der Waals surface area contributed by atoms with Crippen LogP contribution in [0, 0.1) is 0 Å². The average molecular weight is 279 g/mol. The Bertz CT molecular complexity index is 477. The van der Waals surface area contributed by atoms with Gasteiger partial charge in [0.15, 0.2) is 0 Å². The summed E-state index contributed by atoms with van der Waals surface area (Å²) in [5.74, 6) is -0.377. The Morgan fingerprint density at radius 2 is 1.85 bits per heavy atom. The van der Waals surface area contributed by atoms with E-state index >= 15 is 0 Å². The van der Waals surface area contributed by atoms with E-state index in [2.05, 4.69) is 5.32 Å². The van der Waals surface area contributed by atoms with E-state index in [-0.39, 0.29) is 5.97 Å². The number of alkyl carbamates (subject to hydrolysis) is 1. The van der Waals surface area contributed by atoms with Crippen LogP contribution in [0.15, 0.2) is 24.3 Å². The van der Waals surface area contributed by atoms with Crippen molar-refractivity contribution in [1.29, 1.82) is 0 Å². The minimum atomic E-state index is -0.520. The molecule has 5 heteroatoms. The monoisotopic (exact) mass is 279 g/mol. The molecule has 110 valence electrons. The molecule has 0 heterocycles. The molecule has 0 aromatic heterocycles. The van der Waals surface area contributed by atoms with Gasteiger partial charge in [-0.3, -0.25) is 0 Å². The standard InChI is InChI=1S/C15H21NO4/c1-15(2,3)20-14(18)16-10-9-11-7-5-6-8-12(11)13(17)19-4/h5-8H,9-10H2,1-4H3,(H,16,18). The number of benzene rings is 1. The second kappa shape index (κ2) is 6.93. The highest BCUT2D eigenvalue weighted by Gasteiger charge is 2.16. The van der Waals surface area contributed by atoms with Crippen molar-refractivity contribution in [3.63, 3.8) is 0 Å². The molecule has 0 saturated carbocycles. The molecule has 1 aromatic carbocycles. The van der Waals surface area contributed by atoms with E-state index in [9.17, 15) is 9.59 Å². The maximum absolute atomic E-state index is 11.6. The van der Waals surface area contributed by atoms with Crippen molar-refractivity contribution in [2.45, 2.75) is 32.8 Å². The Labute approximate surface area is 119 Å². The van der Waals surface area contributed by atoms with E-state index in [1.54, 1.807) is 32.9 Å². The largest absolute Gasteiger partial charge is 0.465 e. The molecule has 5 nitrogen and oxygen atoms in total. The van der Waals surface area contributed by atoms with Crippen molar-refractivity contribution in [3.8, 4) is 0 Å². The molecule has 0 saturated heterocycles. The number of carbonyl (C=O) groups excluding carboxylic acids is 2. The van der Waals surface area contributed by atoms with Gasteiger partial charge in [-0.05, 0) is 38.8 Å². The van der Waals surface area contributed by atoms with Crippen molar-refractivity contribution in [3.05, 3.63) is 35.4 Å². The molecule has 0 unspecified atom stereocenters. The first-order chi connectivity index (χ1) is 9.33. The predicted octanol–water partition coefficient (Wildman–Crippen LogP) is 2.54. The summed E-state index contributed by atoms with van der Waals surface area (Å²) in [7, 11) is 1.35. The lowest BCUT2D eigenvalue weighted by Gasteiger charge is -2.19. The molecular weight excluding hydrogens is 258 g/mol. The van der Waals surface area contributed by atoms with Crippen LogP contribution in [-0.2, 0) is 15.9 Å². The van der Waals surface area contributed by atoms with Crippen molar-refractivity contribution < 1.29 is 19.1 Å². The number of hydrogen-bond acceptors (Lipinski definition) is 4. The maximum Gasteiger partial charge on any atom is 0.407 e. The fourth-order valence-electron chi connectivity index (χ4n) is 1.66. The fourth-order valence-corrected chi connectivity index (χ4v) is 1.66. The normalized spacial score (nSPS) is 10.8. The molecule has 20 heavy (non-hydrogen) atoms. The zero-order valence-corrected chi connectivity index (χ0v) is 12.4. The number of amides is 1. The van der Waals surface area contributed by atoms with E-state index in [1.165, 1.54) is 7.11 Å². The fraction of sp³-hybridized carbons (Fsp3) is 0.467. The number of esters is 1. The van der Waals surface area contributed by atoms with E-state index in [1.807, 2.05) is 12.1 Å². The highest BCUT2D eigenvalue weighted by molar-refractivity contribution is 5.91. The molecule has 0 spiro atoms. The molecule has 0 aliphatic heterocycles. The number of rotatable bonds is 4. The van der Waals surface area contributed by atoms with Crippen LogP contribution in [0.5, 0.6) is 0 Å². The summed E-state index contributed by atoms with van der Waals surface area (Å²) in [6.45, 7) is 5.81. The van der Waals surface area contributed by atoms with Crippen LogP contribution in [-0.4, -0.2) is 31.3 Å². The van der Waals surface area contributed by atoms with Crippen molar-refractivity contribution in [2.24, 2.45) is 0 Å². The minimum Gasteiger partial charge on any atom is -0.465 e. The molecule has 0 aliphatic carbocycles. The first-order valence-electron chi connectivity index (χ1n) is 6.46. The Hall–Kier alpha value is -2.04. The highest BCUT2D eigenvalue weighted by Crippen LogP contribution is 2.11. The third kappa shape index (κ3) is 5.30. The maximum atomic E-state index is 11.6. The van der Waals surface area contributed by atoms with E-state index in [0.29, 0.717) is 18.5 Å². The van der Waals surface area contributed by atoms with Gasteiger partial charge in [-0.15, -0.1) is 0 Å². The van der Waals surface area contributed by atoms with Gasteiger partial charge in [0.2, 0.25) is 0 Å². The third-order valence-electron chi connectivity index (χ3n) is 2.49. The first kappa shape index (κ1) is 16.0. The van der Waals surface area contributed by atoms with Crippen molar-refractivity contribution in [2.75, 3.05) is 13.7 Å². The van der Waals surface area contributed by atoms with Gasteiger partial charge >= 0.3 is 12.1 Å². The van der Waals surface area contributed by atoms with Crippen molar-refractivity contribution >= 4 is 12.1 Å². The van der Waals surface area contributed by atoms with Crippen LogP contribution in [0.1, 0.15) is 36.7 Å². The molecule has 0 radical (unpaired) electrons. The number of nitrogens with one attached hydrogen (secondary N) is 1. The van der Waals surface area contributed by atoms with Gasteiger partial charge in [0.25, 0.3) is 0 Å². The molecule has 1 aromatic rings. The highest BCUT2D eigenvalue weighted by atomic mass is 16.6. The van der Waals surface area contributed by atoms with Gasteiger partial charge in [-0.2, -0.15) is 0 Å². The number of carbonyl (C=O) groups is 2. The summed E-state index contributed by atoms with van der Waals surface area (Å²) in [6, 6.07) is 7.16. The molecule has 1 amide bonds. The molecule has 0 aliphatic rings. The number of methoxy groups -OCH3 is 1. The summed E-state index contributed by atoms with van der Waals surface area (Å²) in [5, 5.41) is 2.66. The predicted molar refractivity (Wildman–Crippen MR) is 75.7 cm³/mol. The number of ether oxygens (including phenoxy) is 2. The van der Waals surface area contributed by atoms with Crippen LogP contribution in [0.3, 0.4) is 0 Å². The van der Waals surface area contributed by atoms with Crippen molar-refractivity contribution in [1.82, 2.24) is 5.32 Å². The number of hydrogen-bond donors (Lipinski definition) is 1. The van der Waals surface area contributed by atoms with Gasteiger partial charge in [0, 0.05) is 6.54 Å². The van der Waals surface area contributed by atoms with Gasteiger partial charge in [0.1, 0.15) is 5.60 Å². The third-order valence-corrected chi connectivity index (χ3v) is 2.49. The molecule has 0 bridgehead atoms. The summed E-state index contributed by atoms with van der Waals surface area (Å²) >= 11 is 0. The Morgan fingerprint density at radius 1 is 1.20 bits per heavy atom. The smallest absolute Gasteiger partial charge is 0.407 e. The summed E-state index contributed by atoms with van der Waals surface area (Å²) < 4.78 is 9.85. The van der Waals surface area contributed by atoms with Gasteiger partial charge in [-0.1, -0.05) is 18.2 Å². The lowest BCUT2D eigenvalue weighted by Crippen LogP contribution is -2.33. The molecule has 0 atom stereocenters. The van der Waals surface area contributed by atoms with Gasteiger partial charge in [-0.25, -0.2) is 9.59 Å². The van der Waals surface area contributed by atoms with Crippen LogP contribution in [0.25, 0.3) is 0 Å². The van der Waals surface area contributed by atoms with Crippen LogP contribution in [0.4, 0.5) is 4.79 Å². The molecule has 1 N–H and O–H groups in total. The lowest BCUT2D eigenvalue weighted by atomic mass is 10.0. The van der Waals surface area contributed by atoms with Crippen LogP contribution < -0.4 is 5.32 Å². The van der Waals surface area contributed by atoms with E-state index in [4.69, 9.17) is 9.47 Å². The lowest BCUT2D eigenvalue weighted by molar-refractivity contribution is 0.0528. The summed E-state index contributed by atoms with van der Waals surface area (Å²) in [4.78, 5) is 23.1. The quantitative estimate of drug-likeness (QED) is 0.860. The molecule has 1 rings (SSSR count). The molecular formula is C15H21NO4. The summed E-state index contributed by atoms with van der Waals surface area (Å²) in [6.07, 6.45) is 0.0675. The minimum absolute atomic E-state index is 0.377. The van der Waals surface area contributed by atoms with E-state index in [0.717, 1.165) is 5.56 Å². The Kier molecular flexibility index (Phi) is 5.55. The average Bonchev–Trinajstić information content (AvgIpc) is 2.36. The van der Waals surface area contributed by atoms with Crippen LogP contribution >= 0.6 is 0 Å². The van der Waals surface area contributed by atoms with Gasteiger partial charge < -0.3 is 14.8 Å². The second-order valence-electron chi connectivity index (χ2n) is 5.33. The van der Waals surface area contributed by atoms with E-state index < -0.39 is 11.7 Å². The SMILES string of the molecule is COC(=O)c1ccccc1CCNC(=O)OC(C)(C)C. The second-order valence-corrected chi connectivity index (χ2v) is 5.33. The van der Waals surface area contributed by atoms with Crippen LogP contribution in [0.2, 0.25) is 0 Å². The zero-order valence-electron chi connectivity index (χ0n) is 12.4. The van der Waals surface area contributed by atoms with Gasteiger partial charge in [0.05, 0.1) is 12.7 Å². The Balaban J connectivity index is 2.54. The zero-order chi connectivity index (χ0) is 15.2. The topological polar surface area (TPSA) is 64.6 Å². The molecule has 0 fully saturated rings.